The van der Waals surface area contributed by atoms with Crippen LogP contribution in [0.4, 0.5) is 0 Å². The van der Waals surface area contributed by atoms with Crippen molar-refractivity contribution in [2.45, 2.75) is 57.0 Å². The number of ketones is 1. The summed E-state index contributed by atoms with van der Waals surface area (Å²) in [6.07, 6.45) is -2.77. The van der Waals surface area contributed by atoms with Gasteiger partial charge in [0, 0.05) is 20.8 Å². The monoisotopic (exact) mass is 442 g/mol. The summed E-state index contributed by atoms with van der Waals surface area (Å²) in [6, 6.07) is -1.35. The number of ether oxygens (including phenoxy) is 3. The number of nitrogens with one attached hydrogen (secondary N) is 1. The number of carbonyl (C=O) groups is 4. The minimum atomic E-state index is -2.38. The number of rotatable bonds is 6. The molecule has 1 fully saturated rings. The van der Waals surface area contributed by atoms with Gasteiger partial charge in [0.25, 0.3) is 0 Å². The first-order valence-corrected chi connectivity index (χ1v) is 8.78. The van der Waals surface area contributed by atoms with Gasteiger partial charge in [-0.05, 0) is 6.92 Å². The van der Waals surface area contributed by atoms with E-state index in [-0.39, 0.29) is 17.5 Å². The van der Waals surface area contributed by atoms with Crippen molar-refractivity contribution >= 4 is 52.5 Å². The van der Waals surface area contributed by atoms with E-state index in [2.05, 4.69) is 5.32 Å². The quantitative estimate of drug-likeness (QED) is 0.195. The lowest BCUT2D eigenvalue weighted by atomic mass is 9.79. The molecular formula is C15H25ClN3O8S+. The van der Waals surface area contributed by atoms with Crippen LogP contribution in [0.5, 0.6) is 0 Å². The minimum Gasteiger partial charge on any atom is -0.463 e. The summed E-state index contributed by atoms with van der Waals surface area (Å²) in [7, 11) is 0. The van der Waals surface area contributed by atoms with Crippen LogP contribution in [0.1, 0.15) is 27.7 Å². The summed E-state index contributed by atoms with van der Waals surface area (Å²) in [6.45, 7) is 4.04. The van der Waals surface area contributed by atoms with E-state index in [0.29, 0.717) is 0 Å². The Morgan fingerprint density at radius 1 is 1.14 bits per heavy atom. The predicted octanol–water partition coefficient (Wildman–Crippen LogP) is -2.46. The molecule has 0 aromatic heterocycles. The Balaban J connectivity index is 0.00000729. The second-order valence-corrected chi connectivity index (χ2v) is 7.13. The van der Waals surface area contributed by atoms with Gasteiger partial charge < -0.3 is 24.6 Å². The third-order valence-corrected chi connectivity index (χ3v) is 4.63. The zero-order valence-corrected chi connectivity index (χ0v) is 17.4. The summed E-state index contributed by atoms with van der Waals surface area (Å²) in [4.78, 5) is 46.7. The molecule has 1 aliphatic heterocycles. The van der Waals surface area contributed by atoms with E-state index in [9.17, 15) is 24.3 Å². The number of carbonyl (C=O) groups excluding carboxylic acids is 4. The Kier molecular flexibility index (Phi) is 10.1. The van der Waals surface area contributed by atoms with E-state index in [0.717, 1.165) is 32.1 Å². The number of aliphatic hydroxyl groups is 1. The number of Topliss-reactive ketones (excluding diaryl/α,β-unsaturated/α-hetero) is 1. The first-order chi connectivity index (χ1) is 12.4. The van der Waals surface area contributed by atoms with Crippen LogP contribution < -0.4 is 16.8 Å². The lowest BCUT2D eigenvalue weighted by Crippen LogP contribution is -2.75. The van der Waals surface area contributed by atoms with E-state index >= 15 is 0 Å². The van der Waals surface area contributed by atoms with E-state index in [4.69, 9.17) is 25.7 Å². The molecule has 1 saturated heterocycles. The Hall–Kier alpha value is -1.70. The Bertz CT molecular complexity index is 657. The van der Waals surface area contributed by atoms with Gasteiger partial charge in [-0.15, -0.1) is 12.4 Å². The Morgan fingerprint density at radius 2 is 1.71 bits per heavy atom. The van der Waals surface area contributed by atoms with Crippen LogP contribution in [0.3, 0.4) is 0 Å². The van der Waals surface area contributed by atoms with E-state index in [1.807, 2.05) is 0 Å². The summed E-state index contributed by atoms with van der Waals surface area (Å²) < 4.78 is 15.7. The molecular weight excluding hydrogens is 418 g/mol. The summed E-state index contributed by atoms with van der Waals surface area (Å²) in [5, 5.41) is 13.5. The highest BCUT2D eigenvalue weighted by Crippen LogP contribution is 2.33. The molecule has 0 aromatic rings. The molecule has 0 unspecified atom stereocenters. The fourth-order valence-electron chi connectivity index (χ4n) is 2.71. The van der Waals surface area contributed by atoms with Gasteiger partial charge in [0.05, 0.1) is 0 Å². The van der Waals surface area contributed by atoms with Crippen molar-refractivity contribution in [1.82, 2.24) is 5.32 Å². The van der Waals surface area contributed by atoms with Crippen LogP contribution in [0, 0.1) is 0 Å². The Labute approximate surface area is 171 Å². The maximum Gasteiger partial charge on any atom is 0.318 e. The molecule has 28 heavy (non-hydrogen) atoms. The summed E-state index contributed by atoms with van der Waals surface area (Å²) in [5.74, 6) is -2.84. The molecule has 0 spiro atoms. The number of hydrogen-bond donors (Lipinski definition) is 4. The van der Waals surface area contributed by atoms with Crippen LogP contribution in [0.15, 0.2) is 0 Å². The van der Waals surface area contributed by atoms with Crippen molar-refractivity contribution in [3.8, 4) is 0 Å². The van der Waals surface area contributed by atoms with Gasteiger partial charge in [0.2, 0.25) is 17.3 Å². The fourth-order valence-corrected chi connectivity index (χ4v) is 3.59. The molecule has 0 bridgehead atoms. The number of amides is 1. The van der Waals surface area contributed by atoms with E-state index < -0.39 is 59.5 Å². The van der Waals surface area contributed by atoms with Crippen LogP contribution in [-0.4, -0.2) is 69.7 Å². The van der Waals surface area contributed by atoms with Crippen LogP contribution in [-0.2, 0) is 44.7 Å². The van der Waals surface area contributed by atoms with Gasteiger partial charge in [0.15, 0.2) is 23.5 Å². The molecule has 1 heterocycles. The summed E-state index contributed by atoms with van der Waals surface area (Å²) >= 11 is 0.746. The van der Waals surface area contributed by atoms with Crippen LogP contribution in [0.25, 0.3) is 0 Å². The van der Waals surface area contributed by atoms with Gasteiger partial charge in [-0.25, -0.2) is 11.5 Å². The molecule has 11 nitrogen and oxygen atoms in total. The lowest BCUT2D eigenvalue weighted by molar-refractivity contribution is -0.230. The topological polar surface area (TPSA) is 180 Å². The molecule has 1 rings (SSSR count). The zero-order valence-electron chi connectivity index (χ0n) is 15.8. The average molecular weight is 443 g/mol. The molecule has 0 aliphatic carbocycles. The molecule has 13 heteroatoms. The highest BCUT2D eigenvalue weighted by Gasteiger charge is 2.64. The number of halogens is 1. The van der Waals surface area contributed by atoms with Gasteiger partial charge in [-0.1, -0.05) is 0 Å². The number of hydrogen-bond acceptors (Lipinski definition) is 8. The molecule has 1 aliphatic rings. The molecule has 0 aromatic carbocycles. The van der Waals surface area contributed by atoms with E-state index in [1.165, 1.54) is 6.92 Å². The molecule has 0 saturated carbocycles. The van der Waals surface area contributed by atoms with Crippen LogP contribution in [0.2, 0.25) is 0 Å². The minimum absolute atomic E-state index is 0. The first kappa shape index (κ1) is 26.3. The fraction of sp³-hybridized carbons (Fsp3) is 0.667. The average Bonchev–Trinajstić information content (AvgIpc) is 2.50. The highest BCUT2D eigenvalue weighted by molar-refractivity contribution is 7.79. The zero-order chi connectivity index (χ0) is 20.9. The van der Waals surface area contributed by atoms with Crippen molar-refractivity contribution in [2.24, 2.45) is 11.5 Å². The molecule has 6 N–H and O–H groups in total. The number of esters is 2. The van der Waals surface area contributed by atoms with Crippen molar-refractivity contribution in [3.05, 3.63) is 0 Å². The Morgan fingerprint density at radius 3 is 2.11 bits per heavy atom. The van der Waals surface area contributed by atoms with Gasteiger partial charge in [0.1, 0.15) is 12.7 Å². The van der Waals surface area contributed by atoms with Gasteiger partial charge in [-0.3, -0.25) is 19.2 Å². The maximum absolute atomic E-state index is 12.4. The largest absolute Gasteiger partial charge is 0.463 e. The molecule has 160 valence electrons. The first-order valence-electron chi connectivity index (χ1n) is 7.90. The van der Waals surface area contributed by atoms with Crippen molar-refractivity contribution in [1.29, 1.82) is 0 Å². The SMILES string of the molecule is CC(=O)N[C@H]1[C@H]([S+]=C(N)N)O[C@H](COC(C)=O)[C@@H](OC(C)=O)[C@@]1(O)C(C)=O.Cl. The van der Waals surface area contributed by atoms with Crippen LogP contribution >= 0.6 is 12.4 Å². The van der Waals surface area contributed by atoms with Crippen molar-refractivity contribution in [3.63, 3.8) is 0 Å². The van der Waals surface area contributed by atoms with Gasteiger partial charge >= 0.3 is 22.5 Å². The van der Waals surface area contributed by atoms with Crippen molar-refractivity contribution < 1.29 is 38.5 Å². The van der Waals surface area contributed by atoms with E-state index in [1.54, 1.807) is 0 Å². The normalized spacial score (nSPS) is 29.0. The molecule has 1 amide bonds. The highest BCUT2D eigenvalue weighted by atomic mass is 35.5. The lowest BCUT2D eigenvalue weighted by Gasteiger charge is -2.46. The van der Waals surface area contributed by atoms with Crippen molar-refractivity contribution in [2.75, 3.05) is 6.61 Å². The summed E-state index contributed by atoms with van der Waals surface area (Å²) in [5.41, 5.74) is 7.48. The third kappa shape index (κ3) is 6.43. The third-order valence-electron chi connectivity index (χ3n) is 3.75. The maximum atomic E-state index is 12.4. The second-order valence-electron chi connectivity index (χ2n) is 5.96. The molecule has 5 atom stereocenters. The van der Waals surface area contributed by atoms with Gasteiger partial charge in [-0.2, -0.15) is 0 Å². The number of nitrogens with two attached hydrogens (primary N) is 2. The smallest absolute Gasteiger partial charge is 0.318 e. The standard InChI is InChI=1S/C15H23N3O8S.ClH/c1-6(19)15(23)11(18-7(2)20)13(27-14(16)17)26-10(5-24-8(3)21)12(15)25-9(4)22;/h10-13,23H,5,16-17H2,1-4H3;1H/p+1/t10-,11+,12-,13+,15-;/m1./s1. The predicted molar refractivity (Wildman–Crippen MR) is 102 cm³/mol. The molecule has 0 radical (unpaired) electrons. The second kappa shape index (κ2) is 10.7.